The lowest BCUT2D eigenvalue weighted by atomic mass is 10.1. The van der Waals surface area contributed by atoms with Crippen molar-refractivity contribution in [1.29, 1.82) is 0 Å². The van der Waals surface area contributed by atoms with E-state index in [0.29, 0.717) is 22.5 Å². The minimum Gasteiger partial charge on any atom is -0.353 e. The molecular weight excluding hydrogens is 404 g/mol. The average Bonchev–Trinajstić information content (AvgIpc) is 3.29. The minimum atomic E-state index is -0.217. The highest BCUT2D eigenvalue weighted by Crippen LogP contribution is 2.44. The third kappa shape index (κ3) is 3.80. The molecule has 2 N–H and O–H groups in total. The standard InChI is InChI=1S/C15H19ClFN3.HI/c1-8-6-12(8)19-15(18-2)20-13-7-9(13)14-10(16)4-3-5-11(14)17;/h3-5,8-9,12-13H,6-7H2,1-2H3,(H2,18,19,20);1H. The van der Waals surface area contributed by atoms with Crippen molar-refractivity contribution in [2.75, 3.05) is 7.05 Å². The molecule has 3 nitrogen and oxygen atoms in total. The number of benzene rings is 1. The molecule has 116 valence electrons. The lowest BCUT2D eigenvalue weighted by Gasteiger charge is -2.12. The fourth-order valence-electron chi connectivity index (χ4n) is 2.58. The first-order valence-corrected chi connectivity index (χ1v) is 7.41. The van der Waals surface area contributed by atoms with Crippen LogP contribution in [0.2, 0.25) is 5.02 Å². The Labute approximate surface area is 146 Å². The van der Waals surface area contributed by atoms with Crippen LogP contribution in [0.1, 0.15) is 31.2 Å². The maximum atomic E-state index is 13.8. The van der Waals surface area contributed by atoms with Gasteiger partial charge in [0.2, 0.25) is 0 Å². The molecule has 0 amide bonds. The normalized spacial score (nSPS) is 30.4. The summed E-state index contributed by atoms with van der Waals surface area (Å²) in [5.41, 5.74) is 0.627. The first-order valence-electron chi connectivity index (χ1n) is 7.04. The Morgan fingerprint density at radius 2 is 1.95 bits per heavy atom. The molecule has 21 heavy (non-hydrogen) atoms. The molecule has 0 heterocycles. The van der Waals surface area contributed by atoms with E-state index in [4.69, 9.17) is 11.6 Å². The van der Waals surface area contributed by atoms with Crippen LogP contribution in [0.4, 0.5) is 4.39 Å². The smallest absolute Gasteiger partial charge is 0.191 e. The Balaban J connectivity index is 0.00000161. The van der Waals surface area contributed by atoms with E-state index >= 15 is 0 Å². The van der Waals surface area contributed by atoms with Gasteiger partial charge in [0.15, 0.2) is 5.96 Å². The largest absolute Gasteiger partial charge is 0.353 e. The third-order valence-electron chi connectivity index (χ3n) is 4.14. The van der Waals surface area contributed by atoms with Crippen molar-refractivity contribution in [1.82, 2.24) is 10.6 Å². The van der Waals surface area contributed by atoms with Crippen molar-refractivity contribution < 1.29 is 4.39 Å². The number of nitrogens with one attached hydrogen (secondary N) is 2. The summed E-state index contributed by atoms with van der Waals surface area (Å²) in [4.78, 5) is 4.22. The van der Waals surface area contributed by atoms with Crippen LogP contribution in [0.5, 0.6) is 0 Å². The Morgan fingerprint density at radius 3 is 2.52 bits per heavy atom. The van der Waals surface area contributed by atoms with Gasteiger partial charge in [-0.15, -0.1) is 24.0 Å². The Kier molecular flexibility index (Phi) is 5.35. The van der Waals surface area contributed by atoms with Gasteiger partial charge in [-0.3, -0.25) is 4.99 Å². The summed E-state index contributed by atoms with van der Waals surface area (Å²) in [6.45, 7) is 2.21. The Hall–Kier alpha value is -0.560. The van der Waals surface area contributed by atoms with Crippen molar-refractivity contribution in [3.05, 3.63) is 34.6 Å². The van der Waals surface area contributed by atoms with Gasteiger partial charge < -0.3 is 10.6 Å². The molecular formula is C15H20ClFIN3. The molecule has 0 radical (unpaired) electrons. The third-order valence-corrected chi connectivity index (χ3v) is 4.47. The van der Waals surface area contributed by atoms with Crippen molar-refractivity contribution in [3.8, 4) is 0 Å². The zero-order chi connectivity index (χ0) is 14.3. The lowest BCUT2D eigenvalue weighted by molar-refractivity contribution is 0.607. The first-order chi connectivity index (χ1) is 9.60. The molecule has 4 atom stereocenters. The predicted octanol–water partition coefficient (Wildman–Crippen LogP) is 3.53. The van der Waals surface area contributed by atoms with Gasteiger partial charge in [0.05, 0.1) is 0 Å². The van der Waals surface area contributed by atoms with Gasteiger partial charge in [-0.25, -0.2) is 4.39 Å². The molecule has 0 bridgehead atoms. The van der Waals surface area contributed by atoms with Crippen molar-refractivity contribution >= 4 is 41.5 Å². The van der Waals surface area contributed by atoms with Crippen LogP contribution in [0.15, 0.2) is 23.2 Å². The second-order valence-corrected chi connectivity index (χ2v) is 6.17. The van der Waals surface area contributed by atoms with Gasteiger partial charge in [-0.05, 0) is 30.9 Å². The second-order valence-electron chi connectivity index (χ2n) is 5.76. The number of rotatable bonds is 3. The average molecular weight is 424 g/mol. The van der Waals surface area contributed by atoms with E-state index in [2.05, 4.69) is 22.5 Å². The molecule has 2 aliphatic rings. The number of halogens is 3. The number of nitrogens with zero attached hydrogens (tertiary/aromatic N) is 1. The SMILES string of the molecule is CN=C(NC1CC1C)NC1CC1c1c(F)cccc1Cl.I. The highest BCUT2D eigenvalue weighted by molar-refractivity contribution is 14.0. The summed E-state index contributed by atoms with van der Waals surface area (Å²) in [6.07, 6.45) is 2.08. The lowest BCUT2D eigenvalue weighted by Crippen LogP contribution is -2.40. The summed E-state index contributed by atoms with van der Waals surface area (Å²) in [7, 11) is 1.76. The minimum absolute atomic E-state index is 0. The number of aliphatic imine (C=N–C) groups is 1. The summed E-state index contributed by atoms with van der Waals surface area (Å²) in [5.74, 6) is 1.44. The van der Waals surface area contributed by atoms with E-state index in [1.807, 2.05) is 0 Å². The Morgan fingerprint density at radius 1 is 1.29 bits per heavy atom. The highest BCUT2D eigenvalue weighted by atomic mass is 127. The van der Waals surface area contributed by atoms with Gasteiger partial charge in [-0.2, -0.15) is 0 Å². The van der Waals surface area contributed by atoms with E-state index in [-0.39, 0.29) is 41.8 Å². The van der Waals surface area contributed by atoms with Crippen LogP contribution in [0.3, 0.4) is 0 Å². The highest BCUT2D eigenvalue weighted by Gasteiger charge is 2.42. The van der Waals surface area contributed by atoms with Crippen LogP contribution in [0, 0.1) is 11.7 Å². The molecule has 1 aromatic carbocycles. The molecule has 4 unspecified atom stereocenters. The molecule has 0 saturated heterocycles. The molecule has 2 saturated carbocycles. The van der Waals surface area contributed by atoms with Gasteiger partial charge in [0.1, 0.15) is 5.82 Å². The van der Waals surface area contributed by atoms with Gasteiger partial charge in [-0.1, -0.05) is 24.6 Å². The second kappa shape index (κ2) is 6.69. The molecule has 0 spiro atoms. The summed E-state index contributed by atoms with van der Waals surface area (Å²) < 4.78 is 13.8. The summed E-state index contributed by atoms with van der Waals surface area (Å²) in [6, 6.07) is 5.59. The number of guanidine groups is 1. The van der Waals surface area contributed by atoms with Crippen LogP contribution in [0.25, 0.3) is 0 Å². The van der Waals surface area contributed by atoms with Gasteiger partial charge in [0, 0.05) is 35.6 Å². The van der Waals surface area contributed by atoms with E-state index < -0.39 is 0 Å². The van der Waals surface area contributed by atoms with Crippen LogP contribution < -0.4 is 10.6 Å². The zero-order valence-electron chi connectivity index (χ0n) is 12.1. The molecule has 2 aliphatic carbocycles. The fourth-order valence-corrected chi connectivity index (χ4v) is 2.89. The van der Waals surface area contributed by atoms with E-state index in [9.17, 15) is 4.39 Å². The first kappa shape index (κ1) is 16.8. The quantitative estimate of drug-likeness (QED) is 0.443. The number of hydrogen-bond donors (Lipinski definition) is 2. The van der Waals surface area contributed by atoms with E-state index in [0.717, 1.165) is 12.4 Å². The van der Waals surface area contributed by atoms with Crippen LogP contribution in [-0.4, -0.2) is 25.1 Å². The zero-order valence-corrected chi connectivity index (χ0v) is 15.2. The van der Waals surface area contributed by atoms with Crippen molar-refractivity contribution in [3.63, 3.8) is 0 Å². The molecule has 3 rings (SSSR count). The van der Waals surface area contributed by atoms with Crippen LogP contribution in [-0.2, 0) is 0 Å². The molecule has 6 heteroatoms. The molecule has 0 aromatic heterocycles. The monoisotopic (exact) mass is 423 g/mol. The van der Waals surface area contributed by atoms with Gasteiger partial charge >= 0.3 is 0 Å². The Bertz CT molecular complexity index is 531. The summed E-state index contributed by atoms with van der Waals surface area (Å²) in [5, 5.41) is 7.24. The molecule has 0 aliphatic heterocycles. The van der Waals surface area contributed by atoms with Gasteiger partial charge in [0.25, 0.3) is 0 Å². The van der Waals surface area contributed by atoms with Crippen molar-refractivity contribution in [2.45, 2.75) is 37.8 Å². The van der Waals surface area contributed by atoms with Crippen molar-refractivity contribution in [2.24, 2.45) is 10.9 Å². The summed E-state index contributed by atoms with van der Waals surface area (Å²) >= 11 is 6.10. The topological polar surface area (TPSA) is 36.4 Å². The fraction of sp³-hybridized carbons (Fsp3) is 0.533. The number of hydrogen-bond acceptors (Lipinski definition) is 1. The van der Waals surface area contributed by atoms with E-state index in [1.165, 1.54) is 12.5 Å². The molecule has 2 fully saturated rings. The maximum Gasteiger partial charge on any atom is 0.191 e. The molecule has 1 aromatic rings. The maximum absolute atomic E-state index is 13.8. The van der Waals surface area contributed by atoms with E-state index in [1.54, 1.807) is 19.2 Å². The van der Waals surface area contributed by atoms with Crippen LogP contribution >= 0.6 is 35.6 Å². The predicted molar refractivity (Wildman–Crippen MR) is 95.2 cm³/mol.